The lowest BCUT2D eigenvalue weighted by Gasteiger charge is -2.34. The van der Waals surface area contributed by atoms with Crippen molar-refractivity contribution in [3.05, 3.63) is 35.1 Å². The van der Waals surface area contributed by atoms with Crippen LogP contribution in [0, 0.1) is 5.82 Å². The maximum Gasteiger partial charge on any atom is 0.320 e. The molecule has 4 amide bonds. The van der Waals surface area contributed by atoms with Gasteiger partial charge in [0.15, 0.2) is 0 Å². The summed E-state index contributed by atoms with van der Waals surface area (Å²) in [6.07, 6.45) is -0.0427. The lowest BCUT2D eigenvalue weighted by molar-refractivity contribution is -0.152. The van der Waals surface area contributed by atoms with E-state index in [-0.39, 0.29) is 36.6 Å². The van der Waals surface area contributed by atoms with E-state index in [1.807, 2.05) is 18.7 Å². The SMILES string of the molecule is CCN(CC)[C@@H](C)C(=O)O.O=C1CCC(N2C(=O)c3cccc(F)c3C2=O)C(=O)N1CCO. The van der Waals surface area contributed by atoms with Crippen LogP contribution in [0.25, 0.3) is 0 Å². The Balaban J connectivity index is 0.000000328. The van der Waals surface area contributed by atoms with E-state index in [0.29, 0.717) is 4.90 Å². The number of aliphatic carboxylic acids is 1. The van der Waals surface area contributed by atoms with Crippen LogP contribution < -0.4 is 0 Å². The summed E-state index contributed by atoms with van der Waals surface area (Å²) < 4.78 is 13.8. The number of hydrogen-bond acceptors (Lipinski definition) is 7. The van der Waals surface area contributed by atoms with Crippen LogP contribution >= 0.6 is 0 Å². The van der Waals surface area contributed by atoms with Gasteiger partial charge < -0.3 is 10.2 Å². The normalized spacial score (nSPS) is 18.9. The first-order valence-corrected chi connectivity index (χ1v) is 10.7. The predicted octanol–water partition coefficient (Wildman–Crippen LogP) is 0.733. The quantitative estimate of drug-likeness (QED) is 0.563. The van der Waals surface area contributed by atoms with Crippen molar-refractivity contribution in [1.29, 1.82) is 0 Å². The molecular weight excluding hydrogens is 437 g/mol. The lowest BCUT2D eigenvalue weighted by atomic mass is 10.0. The van der Waals surface area contributed by atoms with Crippen molar-refractivity contribution in [2.45, 2.75) is 45.7 Å². The second-order valence-corrected chi connectivity index (χ2v) is 7.54. The first kappa shape index (κ1) is 26.1. The van der Waals surface area contributed by atoms with Crippen LogP contribution in [0.3, 0.4) is 0 Å². The van der Waals surface area contributed by atoms with Crippen LogP contribution in [0.2, 0.25) is 0 Å². The largest absolute Gasteiger partial charge is 0.480 e. The number of benzene rings is 1. The molecular formula is C22H28FN3O7. The number of amides is 4. The van der Waals surface area contributed by atoms with Gasteiger partial charge in [0.05, 0.1) is 24.3 Å². The average Bonchev–Trinajstić information content (AvgIpc) is 3.04. The Labute approximate surface area is 190 Å². The topological polar surface area (TPSA) is 136 Å². The molecule has 0 spiro atoms. The number of aliphatic hydroxyl groups excluding tert-OH is 1. The number of halogens is 1. The zero-order chi connectivity index (χ0) is 24.9. The highest BCUT2D eigenvalue weighted by molar-refractivity contribution is 6.23. The zero-order valence-electron chi connectivity index (χ0n) is 18.8. The van der Waals surface area contributed by atoms with Crippen molar-refractivity contribution in [1.82, 2.24) is 14.7 Å². The number of aliphatic hydroxyl groups is 1. The van der Waals surface area contributed by atoms with Gasteiger partial charge in [-0.1, -0.05) is 19.9 Å². The van der Waals surface area contributed by atoms with E-state index in [1.165, 1.54) is 12.1 Å². The minimum Gasteiger partial charge on any atom is -0.480 e. The lowest BCUT2D eigenvalue weighted by Crippen LogP contribution is -2.56. The Morgan fingerprint density at radius 3 is 2.30 bits per heavy atom. The van der Waals surface area contributed by atoms with E-state index in [1.54, 1.807) is 6.92 Å². The van der Waals surface area contributed by atoms with Gasteiger partial charge in [-0.05, 0) is 38.6 Å². The predicted molar refractivity (Wildman–Crippen MR) is 114 cm³/mol. The van der Waals surface area contributed by atoms with Crippen LogP contribution in [-0.4, -0.2) is 92.8 Å². The van der Waals surface area contributed by atoms with Crippen molar-refractivity contribution in [3.8, 4) is 0 Å². The average molecular weight is 465 g/mol. The summed E-state index contributed by atoms with van der Waals surface area (Å²) in [6.45, 7) is 6.60. The number of piperidine rings is 1. The van der Waals surface area contributed by atoms with E-state index in [9.17, 15) is 28.4 Å². The zero-order valence-corrected chi connectivity index (χ0v) is 18.8. The molecule has 10 nitrogen and oxygen atoms in total. The van der Waals surface area contributed by atoms with Crippen molar-refractivity contribution in [2.24, 2.45) is 0 Å². The molecule has 0 radical (unpaired) electrons. The third-order valence-electron chi connectivity index (χ3n) is 5.73. The fourth-order valence-electron chi connectivity index (χ4n) is 3.87. The van der Waals surface area contributed by atoms with Gasteiger partial charge in [-0.25, -0.2) is 4.39 Å². The third kappa shape index (κ3) is 5.25. The van der Waals surface area contributed by atoms with E-state index in [4.69, 9.17) is 10.2 Å². The molecule has 1 aromatic carbocycles. The van der Waals surface area contributed by atoms with Crippen LogP contribution in [0.4, 0.5) is 4.39 Å². The number of nitrogens with zero attached hydrogens (tertiary/aromatic N) is 3. The highest BCUT2D eigenvalue weighted by atomic mass is 19.1. The van der Waals surface area contributed by atoms with Crippen LogP contribution in [-0.2, 0) is 14.4 Å². The van der Waals surface area contributed by atoms with Crippen LogP contribution in [0.1, 0.15) is 54.3 Å². The molecule has 0 saturated carbocycles. The van der Waals surface area contributed by atoms with E-state index in [0.717, 1.165) is 24.1 Å². The smallest absolute Gasteiger partial charge is 0.320 e. The Bertz CT molecular complexity index is 948. The van der Waals surface area contributed by atoms with Gasteiger partial charge in [-0.15, -0.1) is 0 Å². The number of β-amino-alcohol motifs (C(OH)–C–C–N with tert-alkyl or cyclic N) is 1. The van der Waals surface area contributed by atoms with Gasteiger partial charge in [-0.2, -0.15) is 0 Å². The fraction of sp³-hybridized carbons (Fsp3) is 0.500. The summed E-state index contributed by atoms with van der Waals surface area (Å²) in [5, 5.41) is 17.5. The van der Waals surface area contributed by atoms with E-state index < -0.39 is 48.1 Å². The highest BCUT2D eigenvalue weighted by Gasteiger charge is 2.47. The Morgan fingerprint density at radius 2 is 1.82 bits per heavy atom. The molecule has 33 heavy (non-hydrogen) atoms. The minimum atomic E-state index is -1.16. The molecule has 11 heteroatoms. The number of hydrogen-bond donors (Lipinski definition) is 2. The first-order valence-electron chi connectivity index (χ1n) is 10.7. The number of carbonyl (C=O) groups is 5. The molecule has 1 saturated heterocycles. The molecule has 3 rings (SSSR count). The van der Waals surface area contributed by atoms with E-state index in [2.05, 4.69) is 0 Å². The molecule has 1 unspecified atom stereocenters. The maximum absolute atomic E-state index is 13.8. The van der Waals surface area contributed by atoms with Gasteiger partial charge in [0, 0.05) is 6.42 Å². The van der Waals surface area contributed by atoms with Crippen molar-refractivity contribution < 1.29 is 38.6 Å². The molecule has 2 aliphatic heterocycles. The van der Waals surface area contributed by atoms with Crippen molar-refractivity contribution >= 4 is 29.6 Å². The fourth-order valence-corrected chi connectivity index (χ4v) is 3.87. The summed E-state index contributed by atoms with van der Waals surface area (Å²) in [4.78, 5) is 62.7. The Hall–Kier alpha value is -3.18. The summed E-state index contributed by atoms with van der Waals surface area (Å²) >= 11 is 0. The van der Waals surface area contributed by atoms with Gasteiger partial charge in [0.2, 0.25) is 5.91 Å². The summed E-state index contributed by atoms with van der Waals surface area (Å²) in [6, 6.07) is 2.19. The molecule has 2 aliphatic rings. The minimum absolute atomic E-state index is 0.00726. The molecule has 2 atom stereocenters. The second kappa shape index (κ2) is 11.1. The third-order valence-corrected chi connectivity index (χ3v) is 5.73. The number of likely N-dealkylation sites (tertiary alicyclic amines) is 1. The molecule has 0 aliphatic carbocycles. The summed E-state index contributed by atoms with van der Waals surface area (Å²) in [5.41, 5.74) is -0.440. The highest BCUT2D eigenvalue weighted by Crippen LogP contribution is 2.30. The number of likely N-dealkylation sites (N-methyl/N-ethyl adjacent to an activating group) is 1. The number of carboxylic acid groups (broad SMARTS) is 1. The van der Waals surface area contributed by atoms with Gasteiger partial charge in [0.25, 0.3) is 17.7 Å². The van der Waals surface area contributed by atoms with Gasteiger partial charge in [0.1, 0.15) is 17.9 Å². The number of carbonyl (C=O) groups excluding carboxylic acids is 4. The van der Waals surface area contributed by atoms with Crippen LogP contribution in [0.5, 0.6) is 0 Å². The van der Waals surface area contributed by atoms with Gasteiger partial charge in [-0.3, -0.25) is 38.7 Å². The molecule has 0 bridgehead atoms. The molecule has 0 aromatic heterocycles. The second-order valence-electron chi connectivity index (χ2n) is 7.54. The van der Waals surface area contributed by atoms with Crippen molar-refractivity contribution in [3.63, 3.8) is 0 Å². The molecule has 1 aromatic rings. The summed E-state index contributed by atoms with van der Waals surface area (Å²) in [7, 11) is 0. The monoisotopic (exact) mass is 465 g/mol. The number of imide groups is 2. The molecule has 2 N–H and O–H groups in total. The van der Waals surface area contributed by atoms with Crippen LogP contribution in [0.15, 0.2) is 18.2 Å². The maximum atomic E-state index is 13.8. The number of rotatable bonds is 7. The van der Waals surface area contributed by atoms with Gasteiger partial charge >= 0.3 is 5.97 Å². The standard InChI is InChI=1S/C15H13FN2O5.C7H15NO2/c16-9-3-1-2-8-12(9)15(23)18(13(8)21)10-4-5-11(20)17(6-7-19)14(10)22;1-4-8(5-2)6(3)7(9)10/h1-3,10,19H,4-7H2;6H,4-5H2,1-3H3,(H,9,10)/t;6-/m.0/s1. The molecule has 180 valence electrons. The Morgan fingerprint density at radius 1 is 1.18 bits per heavy atom. The first-order chi connectivity index (χ1) is 15.6. The summed E-state index contributed by atoms with van der Waals surface area (Å²) in [5.74, 6) is -4.40. The molecule has 1 fully saturated rings. The van der Waals surface area contributed by atoms with E-state index >= 15 is 0 Å². The van der Waals surface area contributed by atoms with Crippen molar-refractivity contribution in [2.75, 3.05) is 26.2 Å². The molecule has 2 heterocycles. The number of carboxylic acids is 1. The number of fused-ring (bicyclic) bond motifs is 1. The Kier molecular flexibility index (Phi) is 8.77.